The Bertz CT molecular complexity index is 693. The molecule has 0 heterocycles. The van der Waals surface area contributed by atoms with E-state index in [9.17, 15) is 8.78 Å². The van der Waals surface area contributed by atoms with E-state index >= 15 is 0 Å². The van der Waals surface area contributed by atoms with E-state index in [0.29, 0.717) is 19.0 Å². The van der Waals surface area contributed by atoms with Crippen molar-refractivity contribution < 1.29 is 8.78 Å². The van der Waals surface area contributed by atoms with Crippen LogP contribution in [0.3, 0.4) is 0 Å². The largest absolute Gasteiger partial charge is 0.352 e. The predicted octanol–water partition coefficient (Wildman–Crippen LogP) is 4.31. The number of aliphatic imine (C=N–C) groups is 1. The van der Waals surface area contributed by atoms with Gasteiger partial charge in [0, 0.05) is 25.9 Å². The molecule has 7 heteroatoms. The van der Waals surface area contributed by atoms with Gasteiger partial charge in [-0.15, -0.1) is 24.0 Å². The molecule has 0 atom stereocenters. The van der Waals surface area contributed by atoms with Gasteiger partial charge in [0.2, 0.25) is 0 Å². The van der Waals surface area contributed by atoms with Gasteiger partial charge in [-0.25, -0.2) is 8.78 Å². The molecule has 2 aromatic rings. The smallest absolute Gasteiger partial charge is 0.191 e. The van der Waals surface area contributed by atoms with Gasteiger partial charge in [0.05, 0.1) is 0 Å². The van der Waals surface area contributed by atoms with Gasteiger partial charge < -0.3 is 10.6 Å². The number of halogens is 3. The molecular weight excluding hydrogens is 455 g/mol. The Morgan fingerprint density at radius 3 is 2.24 bits per heavy atom. The Balaban J connectivity index is 0.00000312. The Hall–Kier alpha value is -1.35. The molecule has 25 heavy (non-hydrogen) atoms. The molecule has 0 radical (unpaired) electrons. The molecular formula is C18H22F2IN3S. The van der Waals surface area contributed by atoms with Crippen molar-refractivity contribution in [3.05, 3.63) is 70.8 Å². The second-order valence-electron chi connectivity index (χ2n) is 5.25. The third-order valence-corrected chi connectivity index (χ3v) is 4.11. The van der Waals surface area contributed by atoms with Crippen molar-refractivity contribution in [2.24, 2.45) is 4.99 Å². The highest BCUT2D eigenvalue weighted by Gasteiger charge is 2.05. The molecule has 0 unspecified atom stereocenters. The van der Waals surface area contributed by atoms with Gasteiger partial charge in [0.1, 0.15) is 11.6 Å². The molecule has 0 spiro atoms. The molecule has 0 fully saturated rings. The van der Waals surface area contributed by atoms with E-state index in [-0.39, 0.29) is 35.6 Å². The van der Waals surface area contributed by atoms with Gasteiger partial charge in [-0.05, 0) is 47.2 Å². The van der Waals surface area contributed by atoms with E-state index in [1.54, 1.807) is 43.1 Å². The molecule has 0 saturated heterocycles. The van der Waals surface area contributed by atoms with Crippen LogP contribution in [0.2, 0.25) is 0 Å². The Labute approximate surface area is 168 Å². The molecule has 0 aliphatic heterocycles. The number of benzene rings is 2. The second-order valence-corrected chi connectivity index (χ2v) is 6.12. The normalized spacial score (nSPS) is 11.0. The maximum Gasteiger partial charge on any atom is 0.191 e. The number of thioether (sulfide) groups is 1. The zero-order valence-electron chi connectivity index (χ0n) is 14.2. The van der Waals surface area contributed by atoms with Crippen molar-refractivity contribution in [2.45, 2.75) is 18.8 Å². The summed E-state index contributed by atoms with van der Waals surface area (Å²) in [6.07, 6.45) is 1.99. The van der Waals surface area contributed by atoms with Crippen LogP contribution >= 0.6 is 35.7 Å². The summed E-state index contributed by atoms with van der Waals surface area (Å²) in [5, 5.41) is 6.39. The van der Waals surface area contributed by atoms with E-state index in [1.807, 2.05) is 6.26 Å². The zero-order valence-corrected chi connectivity index (χ0v) is 17.3. The SMILES string of the molecule is CN=C(NCc1ccc(F)cc1)NCc1ccc(F)cc1CSC.I. The summed E-state index contributed by atoms with van der Waals surface area (Å²) in [4.78, 5) is 4.17. The summed E-state index contributed by atoms with van der Waals surface area (Å²) in [6, 6.07) is 11.2. The summed E-state index contributed by atoms with van der Waals surface area (Å²) in [6.45, 7) is 1.10. The molecule has 2 aromatic carbocycles. The quantitative estimate of drug-likeness (QED) is 0.370. The molecule has 3 nitrogen and oxygen atoms in total. The minimum Gasteiger partial charge on any atom is -0.352 e. The summed E-state index contributed by atoms with van der Waals surface area (Å²) in [5.74, 6) is 0.926. The first kappa shape index (κ1) is 21.7. The topological polar surface area (TPSA) is 36.4 Å². The first-order valence-electron chi connectivity index (χ1n) is 7.57. The first-order valence-corrected chi connectivity index (χ1v) is 8.97. The van der Waals surface area contributed by atoms with Crippen molar-refractivity contribution in [3.8, 4) is 0 Å². The average molecular weight is 477 g/mol. The Morgan fingerprint density at radius 2 is 1.60 bits per heavy atom. The van der Waals surface area contributed by atoms with Crippen LogP contribution in [-0.2, 0) is 18.8 Å². The van der Waals surface area contributed by atoms with Gasteiger partial charge in [0.15, 0.2) is 5.96 Å². The highest BCUT2D eigenvalue weighted by Crippen LogP contribution is 2.16. The van der Waals surface area contributed by atoms with Gasteiger partial charge in [-0.2, -0.15) is 11.8 Å². The summed E-state index contributed by atoms with van der Waals surface area (Å²) in [7, 11) is 1.69. The highest BCUT2D eigenvalue weighted by molar-refractivity contribution is 14.0. The Kier molecular flexibility index (Phi) is 9.81. The first-order chi connectivity index (χ1) is 11.6. The van der Waals surface area contributed by atoms with Gasteiger partial charge in [-0.3, -0.25) is 4.99 Å². The van der Waals surface area contributed by atoms with Crippen LogP contribution in [0.15, 0.2) is 47.5 Å². The van der Waals surface area contributed by atoms with E-state index in [0.717, 1.165) is 22.4 Å². The third kappa shape index (κ3) is 7.19. The number of rotatable bonds is 6. The minimum atomic E-state index is -0.251. The maximum absolute atomic E-state index is 13.4. The van der Waals surface area contributed by atoms with E-state index < -0.39 is 0 Å². The molecule has 0 aliphatic carbocycles. The van der Waals surface area contributed by atoms with Crippen LogP contribution in [0, 0.1) is 11.6 Å². The minimum absolute atomic E-state index is 0. The van der Waals surface area contributed by atoms with Crippen molar-refractivity contribution in [1.82, 2.24) is 10.6 Å². The zero-order chi connectivity index (χ0) is 17.4. The fraction of sp³-hybridized carbons (Fsp3) is 0.278. The van der Waals surface area contributed by atoms with E-state index in [2.05, 4.69) is 15.6 Å². The fourth-order valence-corrected chi connectivity index (χ4v) is 2.82. The summed E-state index contributed by atoms with van der Waals surface area (Å²) < 4.78 is 26.3. The molecule has 0 aromatic heterocycles. The van der Waals surface area contributed by atoms with Gasteiger partial charge >= 0.3 is 0 Å². The van der Waals surface area contributed by atoms with Crippen LogP contribution in [0.25, 0.3) is 0 Å². The van der Waals surface area contributed by atoms with Crippen LogP contribution in [-0.4, -0.2) is 19.3 Å². The number of hydrogen-bond acceptors (Lipinski definition) is 2. The van der Waals surface area contributed by atoms with Crippen molar-refractivity contribution >= 4 is 41.7 Å². The highest BCUT2D eigenvalue weighted by atomic mass is 127. The lowest BCUT2D eigenvalue weighted by molar-refractivity contribution is 0.625. The summed E-state index contributed by atoms with van der Waals surface area (Å²) >= 11 is 1.66. The number of nitrogens with zero attached hydrogens (tertiary/aromatic N) is 1. The van der Waals surface area contributed by atoms with Crippen molar-refractivity contribution in [3.63, 3.8) is 0 Å². The third-order valence-electron chi connectivity index (χ3n) is 3.51. The fourth-order valence-electron chi connectivity index (χ4n) is 2.24. The van der Waals surface area contributed by atoms with Gasteiger partial charge in [0.25, 0.3) is 0 Å². The van der Waals surface area contributed by atoms with Crippen LogP contribution < -0.4 is 10.6 Å². The number of hydrogen-bond donors (Lipinski definition) is 2. The Morgan fingerprint density at radius 1 is 0.960 bits per heavy atom. The van der Waals surface area contributed by atoms with Gasteiger partial charge in [-0.1, -0.05) is 18.2 Å². The van der Waals surface area contributed by atoms with Crippen LogP contribution in [0.5, 0.6) is 0 Å². The molecule has 0 amide bonds. The lowest BCUT2D eigenvalue weighted by Gasteiger charge is -2.14. The predicted molar refractivity (Wildman–Crippen MR) is 112 cm³/mol. The molecule has 0 aliphatic rings. The second kappa shape index (κ2) is 11.3. The van der Waals surface area contributed by atoms with Crippen LogP contribution in [0.1, 0.15) is 16.7 Å². The molecule has 2 rings (SSSR count). The molecule has 136 valence electrons. The number of guanidine groups is 1. The molecule has 2 N–H and O–H groups in total. The standard InChI is InChI=1S/C18H21F2N3S.HI/c1-21-18(22-10-13-3-6-16(19)7-4-13)23-11-14-5-8-17(20)9-15(14)12-24-2;/h3-9H,10-12H2,1-2H3,(H2,21,22,23);1H. The van der Waals surface area contributed by atoms with E-state index in [1.165, 1.54) is 18.2 Å². The lowest BCUT2D eigenvalue weighted by atomic mass is 10.1. The number of nitrogens with one attached hydrogen (secondary N) is 2. The molecule has 0 saturated carbocycles. The van der Waals surface area contributed by atoms with Crippen molar-refractivity contribution in [1.29, 1.82) is 0 Å². The summed E-state index contributed by atoms with van der Waals surface area (Å²) in [5.41, 5.74) is 2.98. The maximum atomic E-state index is 13.4. The van der Waals surface area contributed by atoms with Crippen molar-refractivity contribution in [2.75, 3.05) is 13.3 Å². The molecule has 0 bridgehead atoms. The monoisotopic (exact) mass is 477 g/mol. The van der Waals surface area contributed by atoms with Crippen LogP contribution in [0.4, 0.5) is 8.78 Å². The average Bonchev–Trinajstić information content (AvgIpc) is 2.58. The lowest BCUT2D eigenvalue weighted by Crippen LogP contribution is -2.36. The van der Waals surface area contributed by atoms with E-state index in [4.69, 9.17) is 0 Å².